The van der Waals surface area contributed by atoms with Crippen molar-refractivity contribution >= 4 is 34.6 Å². The fraction of sp³-hybridized carbons (Fsp3) is 0.515. The Morgan fingerprint density at radius 2 is 1.92 bits per heavy atom. The van der Waals surface area contributed by atoms with Crippen molar-refractivity contribution in [3.8, 4) is 11.3 Å². The molecule has 3 aromatic rings. The summed E-state index contributed by atoms with van der Waals surface area (Å²) in [4.78, 5) is 48.2. The molecular formula is C33H37F3N7NaO3S. The molecule has 0 amide bonds. The van der Waals surface area contributed by atoms with Crippen LogP contribution < -0.4 is 39.6 Å². The van der Waals surface area contributed by atoms with Gasteiger partial charge in [0.05, 0.1) is 31.1 Å². The summed E-state index contributed by atoms with van der Waals surface area (Å²) in [7, 11) is 0. The molecular weight excluding hydrogens is 654 g/mol. The van der Waals surface area contributed by atoms with Crippen LogP contribution in [0.5, 0.6) is 0 Å². The van der Waals surface area contributed by atoms with Crippen molar-refractivity contribution in [2.75, 3.05) is 37.6 Å². The van der Waals surface area contributed by atoms with Gasteiger partial charge in [0.15, 0.2) is 11.5 Å². The molecule has 1 unspecified atom stereocenters. The molecule has 0 bridgehead atoms. The van der Waals surface area contributed by atoms with Crippen molar-refractivity contribution in [3.63, 3.8) is 0 Å². The summed E-state index contributed by atoms with van der Waals surface area (Å²) in [5.74, 6) is -0.381. The summed E-state index contributed by atoms with van der Waals surface area (Å²) in [6, 6.07) is 3.67. The Bertz CT molecular complexity index is 1640. The molecule has 2 aliphatic rings. The summed E-state index contributed by atoms with van der Waals surface area (Å²) in [6.45, 7) is 17.4. The standard InChI is InChI=1S/C33H38F3N7O3S.Na/c1-20(2)26-6-5-8-42(26)19-28-32(22-12-23(33(34,35)36)14-24(13-22)37-4)40-30(47-28)15-27(44)25-16-39-29(17-38-25)43-11-10-41(18-21(43)3)9-7-31(45)46;/h12-14,16-17,20-21,26H,5-11,15,18-19H2,1-3H3,(H,45,46);/q;+1/p-1/t21-,26?;/m1./s1. The number of hydrogen-bond donors (Lipinski definition) is 0. The fourth-order valence-corrected chi connectivity index (χ4v) is 7.55. The summed E-state index contributed by atoms with van der Waals surface area (Å²) in [6.07, 6.45) is 0.289. The van der Waals surface area contributed by atoms with Crippen molar-refractivity contribution in [3.05, 3.63) is 63.2 Å². The number of piperazine rings is 1. The molecule has 2 atom stereocenters. The molecule has 250 valence electrons. The molecule has 1 aromatic carbocycles. The molecule has 5 rings (SSSR count). The van der Waals surface area contributed by atoms with E-state index in [0.29, 0.717) is 61.2 Å². The number of hydrogen-bond acceptors (Lipinski definition) is 10. The Labute approximate surface area is 304 Å². The van der Waals surface area contributed by atoms with Gasteiger partial charge in [-0.05, 0) is 62.4 Å². The summed E-state index contributed by atoms with van der Waals surface area (Å²) in [5.41, 5.74) is -0.328. The minimum atomic E-state index is -4.63. The van der Waals surface area contributed by atoms with E-state index in [-0.39, 0.29) is 71.2 Å². The Kier molecular flexibility index (Phi) is 12.8. The van der Waals surface area contributed by atoms with Crippen molar-refractivity contribution < 1.29 is 57.4 Å². The zero-order valence-corrected chi connectivity index (χ0v) is 30.4. The third kappa shape index (κ3) is 9.19. The van der Waals surface area contributed by atoms with E-state index in [1.807, 2.05) is 6.92 Å². The maximum absolute atomic E-state index is 13.8. The van der Waals surface area contributed by atoms with E-state index in [9.17, 15) is 27.9 Å². The predicted molar refractivity (Wildman–Crippen MR) is 170 cm³/mol. The molecule has 0 aliphatic carbocycles. The first-order valence-corrected chi connectivity index (χ1v) is 16.5. The number of halogens is 3. The first-order valence-electron chi connectivity index (χ1n) is 15.7. The van der Waals surface area contributed by atoms with Crippen molar-refractivity contribution in [2.45, 2.75) is 71.3 Å². The molecule has 2 fully saturated rings. The van der Waals surface area contributed by atoms with Gasteiger partial charge < -0.3 is 14.8 Å². The van der Waals surface area contributed by atoms with Crippen LogP contribution in [-0.4, -0.2) is 81.3 Å². The van der Waals surface area contributed by atoms with Crippen molar-refractivity contribution in [1.29, 1.82) is 0 Å². The van der Waals surface area contributed by atoms with Crippen molar-refractivity contribution in [1.82, 2.24) is 24.8 Å². The average Bonchev–Trinajstić information content (AvgIpc) is 3.66. The van der Waals surface area contributed by atoms with Crippen LogP contribution in [0, 0.1) is 12.5 Å². The maximum Gasteiger partial charge on any atom is 1.00 e. The summed E-state index contributed by atoms with van der Waals surface area (Å²) < 4.78 is 41.3. The second-order valence-corrected chi connectivity index (χ2v) is 13.7. The molecule has 2 aromatic heterocycles. The summed E-state index contributed by atoms with van der Waals surface area (Å²) >= 11 is 1.30. The number of carbonyl (C=O) groups excluding carboxylic acids is 2. The van der Waals surface area contributed by atoms with Gasteiger partial charge >= 0.3 is 35.7 Å². The Hall–Kier alpha value is -2.93. The second-order valence-electron chi connectivity index (χ2n) is 12.5. The van der Waals surface area contributed by atoms with Crippen LogP contribution in [0.3, 0.4) is 0 Å². The van der Waals surface area contributed by atoms with Crippen LogP contribution in [0.15, 0.2) is 30.6 Å². The molecule has 0 radical (unpaired) electrons. The number of carboxylic acids is 1. The molecule has 4 heterocycles. The second kappa shape index (κ2) is 16.2. The first-order chi connectivity index (χ1) is 22.3. The number of carbonyl (C=O) groups is 2. The Morgan fingerprint density at radius 1 is 1.15 bits per heavy atom. The van der Waals surface area contributed by atoms with E-state index in [0.717, 1.165) is 36.4 Å². The normalized spacial score (nSPS) is 18.9. The van der Waals surface area contributed by atoms with E-state index in [4.69, 9.17) is 6.57 Å². The number of Topliss-reactive ketones (excluding diaryl/α,β-unsaturated/α-hetero) is 1. The topological polar surface area (TPSA) is 110 Å². The number of aromatic nitrogens is 3. The van der Waals surface area contributed by atoms with Gasteiger partial charge in [0, 0.05) is 61.2 Å². The van der Waals surface area contributed by atoms with E-state index < -0.39 is 17.7 Å². The van der Waals surface area contributed by atoms with Gasteiger partial charge in [-0.15, -0.1) is 11.3 Å². The van der Waals surface area contributed by atoms with E-state index in [1.165, 1.54) is 23.6 Å². The van der Waals surface area contributed by atoms with Gasteiger partial charge in [-0.2, -0.15) is 13.2 Å². The largest absolute Gasteiger partial charge is 1.00 e. The zero-order chi connectivity index (χ0) is 33.9. The minimum Gasteiger partial charge on any atom is -0.550 e. The number of ketones is 1. The molecule has 2 aliphatic heterocycles. The first kappa shape index (κ1) is 37.9. The van der Waals surface area contributed by atoms with Crippen LogP contribution in [0.4, 0.5) is 24.7 Å². The number of carboxylic acid groups (broad SMARTS) is 1. The number of rotatable bonds is 11. The molecule has 2 saturated heterocycles. The number of nitrogens with zero attached hydrogens (tertiary/aromatic N) is 7. The number of benzene rings is 1. The van der Waals surface area contributed by atoms with Gasteiger partial charge in [-0.25, -0.2) is 19.8 Å². The van der Waals surface area contributed by atoms with Crippen molar-refractivity contribution in [2.24, 2.45) is 5.92 Å². The number of anilines is 1. The molecule has 0 spiro atoms. The zero-order valence-electron chi connectivity index (χ0n) is 27.6. The van der Waals surface area contributed by atoms with Crippen LogP contribution in [0.25, 0.3) is 16.1 Å². The van der Waals surface area contributed by atoms with Gasteiger partial charge in [-0.1, -0.05) is 13.8 Å². The minimum absolute atomic E-state index is 0. The smallest absolute Gasteiger partial charge is 0.550 e. The number of thiazole rings is 1. The molecule has 10 nitrogen and oxygen atoms in total. The molecule has 0 saturated carbocycles. The van der Waals surface area contributed by atoms with Crippen LogP contribution in [0.1, 0.15) is 66.0 Å². The Balaban J connectivity index is 0.00000520. The van der Waals surface area contributed by atoms with Crippen LogP contribution in [0.2, 0.25) is 0 Å². The Morgan fingerprint density at radius 3 is 2.54 bits per heavy atom. The van der Waals surface area contributed by atoms with Gasteiger partial charge in [-0.3, -0.25) is 14.6 Å². The van der Waals surface area contributed by atoms with Gasteiger partial charge in [0.2, 0.25) is 0 Å². The number of likely N-dealkylation sites (tertiary alicyclic amines) is 1. The van der Waals surface area contributed by atoms with E-state index >= 15 is 0 Å². The fourth-order valence-electron chi connectivity index (χ4n) is 6.44. The van der Waals surface area contributed by atoms with Gasteiger partial charge in [0.1, 0.15) is 16.5 Å². The SMILES string of the molecule is [C-]#[N+]c1cc(-c2nc(CC(=O)c3cnc(N4CCN(CCC(=O)[O-])C[C@H]4C)cn3)sc2CN2CCCC2C(C)C)cc(C(F)(F)F)c1.[Na+]. The number of alkyl halides is 3. The third-order valence-electron chi connectivity index (χ3n) is 8.79. The summed E-state index contributed by atoms with van der Waals surface area (Å²) in [5, 5.41) is 11.3. The predicted octanol–water partition coefficient (Wildman–Crippen LogP) is 1.87. The molecule has 0 N–H and O–H groups in total. The maximum atomic E-state index is 13.8. The van der Waals surface area contributed by atoms with Gasteiger partial charge in [0.25, 0.3) is 0 Å². The van der Waals surface area contributed by atoms with Crippen LogP contribution in [-0.2, 0) is 23.9 Å². The third-order valence-corrected chi connectivity index (χ3v) is 9.83. The quantitative estimate of drug-likeness (QED) is 0.169. The van der Waals surface area contributed by atoms with E-state index in [1.54, 1.807) is 6.20 Å². The number of aliphatic carboxylic acids is 1. The average molecular weight is 692 g/mol. The molecule has 15 heteroatoms. The van der Waals surface area contributed by atoms with E-state index in [2.05, 4.69) is 48.3 Å². The van der Waals surface area contributed by atoms with Crippen LogP contribution >= 0.6 is 11.3 Å². The molecule has 48 heavy (non-hydrogen) atoms. The monoisotopic (exact) mass is 691 g/mol.